The van der Waals surface area contributed by atoms with Crippen molar-refractivity contribution in [1.82, 2.24) is 0 Å². The minimum Gasteiger partial charge on any atom is -0.407 e. The molecular formula is C20H40O2Si. The summed E-state index contributed by atoms with van der Waals surface area (Å²) in [6, 6.07) is 0. The molecule has 1 saturated carbocycles. The highest BCUT2D eigenvalue weighted by Gasteiger charge is 2.48. The maximum Gasteiger partial charge on any atom is 0.201 e. The first-order valence-corrected chi connectivity index (χ1v) is 11.8. The number of hydrogen-bond acceptors (Lipinski definition) is 2. The van der Waals surface area contributed by atoms with Crippen LogP contribution in [-0.2, 0) is 4.43 Å². The molecule has 136 valence electrons. The first-order valence-electron chi connectivity index (χ1n) is 9.65. The molecule has 0 unspecified atom stereocenters. The fraction of sp³-hybridized carbons (Fsp3) is 0.900. The van der Waals surface area contributed by atoms with Crippen LogP contribution in [0.1, 0.15) is 80.6 Å². The minimum atomic E-state index is -2.00. The summed E-state index contributed by atoms with van der Waals surface area (Å²) in [5, 5.41) is 11.0. The van der Waals surface area contributed by atoms with E-state index < -0.39 is 14.4 Å². The normalized spacial score (nSPS) is 20.3. The zero-order valence-electron chi connectivity index (χ0n) is 16.6. The monoisotopic (exact) mass is 340 g/mol. The van der Waals surface area contributed by atoms with Crippen molar-refractivity contribution in [3.63, 3.8) is 0 Å². The topological polar surface area (TPSA) is 29.5 Å². The first kappa shape index (κ1) is 20.9. The van der Waals surface area contributed by atoms with Crippen molar-refractivity contribution in [2.24, 2.45) is 5.92 Å². The Morgan fingerprint density at radius 3 is 1.74 bits per heavy atom. The van der Waals surface area contributed by atoms with Gasteiger partial charge in [0.2, 0.25) is 8.32 Å². The molecule has 0 saturated heterocycles. The van der Waals surface area contributed by atoms with E-state index in [4.69, 9.17) is 4.43 Å². The van der Waals surface area contributed by atoms with Gasteiger partial charge in [0.15, 0.2) is 0 Å². The van der Waals surface area contributed by atoms with Crippen molar-refractivity contribution in [3.05, 3.63) is 12.2 Å². The molecule has 1 aliphatic rings. The van der Waals surface area contributed by atoms with E-state index >= 15 is 0 Å². The Morgan fingerprint density at radius 1 is 0.957 bits per heavy atom. The van der Waals surface area contributed by atoms with E-state index in [1.54, 1.807) is 0 Å². The lowest BCUT2D eigenvalue weighted by atomic mass is 9.82. The van der Waals surface area contributed by atoms with Gasteiger partial charge in [0, 0.05) is 0 Å². The van der Waals surface area contributed by atoms with Crippen molar-refractivity contribution in [2.45, 2.75) is 109 Å². The van der Waals surface area contributed by atoms with Crippen LogP contribution in [0, 0.1) is 5.92 Å². The van der Waals surface area contributed by atoms with E-state index in [9.17, 15) is 5.11 Å². The summed E-state index contributed by atoms with van der Waals surface area (Å²) in [5.74, 6) is 0.378. The largest absolute Gasteiger partial charge is 0.407 e. The molecule has 0 heterocycles. The zero-order valence-corrected chi connectivity index (χ0v) is 17.6. The summed E-state index contributed by atoms with van der Waals surface area (Å²) in [6.07, 6.45) is 5.47. The van der Waals surface area contributed by atoms with E-state index in [1.807, 2.05) is 6.92 Å². The molecule has 2 nitrogen and oxygen atoms in total. The predicted molar refractivity (Wildman–Crippen MR) is 103 cm³/mol. The highest BCUT2D eigenvalue weighted by Crippen LogP contribution is 2.44. The highest BCUT2D eigenvalue weighted by atomic mass is 28.4. The van der Waals surface area contributed by atoms with Crippen LogP contribution in [-0.4, -0.2) is 25.6 Å². The number of rotatable bonds is 8. The van der Waals surface area contributed by atoms with Crippen LogP contribution < -0.4 is 0 Å². The van der Waals surface area contributed by atoms with Gasteiger partial charge in [-0.1, -0.05) is 73.0 Å². The molecular weight excluding hydrogens is 300 g/mol. The smallest absolute Gasteiger partial charge is 0.201 e. The van der Waals surface area contributed by atoms with Crippen LogP contribution in [0.4, 0.5) is 0 Å². The van der Waals surface area contributed by atoms with Crippen molar-refractivity contribution >= 4 is 8.32 Å². The number of aliphatic hydroxyl groups is 1. The molecule has 0 bridgehead atoms. The molecule has 1 rings (SSSR count). The maximum atomic E-state index is 11.0. The second-order valence-corrected chi connectivity index (χ2v) is 14.0. The van der Waals surface area contributed by atoms with E-state index in [1.165, 1.54) is 19.3 Å². The standard InChI is InChI=1S/C20H40O2Si/c1-14(2)20(19(21)18-12-10-9-11-13-18)22-23(15(3)4,16(5)6)17(7)8/h15-21H,1,9-13H2,2-8H3/t19-,20+/m1/s1. The van der Waals surface area contributed by atoms with Crippen LogP contribution in [0.15, 0.2) is 12.2 Å². The van der Waals surface area contributed by atoms with Crippen molar-refractivity contribution < 1.29 is 9.53 Å². The Labute approximate surface area is 145 Å². The highest BCUT2D eigenvalue weighted by molar-refractivity contribution is 6.77. The Balaban J connectivity index is 3.05. The fourth-order valence-corrected chi connectivity index (χ4v) is 10.4. The van der Waals surface area contributed by atoms with Crippen molar-refractivity contribution in [2.75, 3.05) is 0 Å². The SMILES string of the molecule is C=C(C)[C@H](O[Si](C(C)C)(C(C)C)C(C)C)[C@H](O)C1CCCCC1. The van der Waals surface area contributed by atoms with Crippen molar-refractivity contribution in [1.29, 1.82) is 0 Å². The van der Waals surface area contributed by atoms with Crippen LogP contribution in [0.2, 0.25) is 16.6 Å². The summed E-state index contributed by atoms with van der Waals surface area (Å²) < 4.78 is 6.89. The molecule has 1 aliphatic carbocycles. The third kappa shape index (κ3) is 4.70. The number of aliphatic hydroxyl groups excluding tert-OH is 1. The van der Waals surface area contributed by atoms with E-state index in [0.717, 1.165) is 18.4 Å². The predicted octanol–water partition coefficient (Wildman–Crippen LogP) is 6.06. The fourth-order valence-electron chi connectivity index (χ4n) is 4.81. The molecule has 0 amide bonds. The quantitative estimate of drug-likeness (QED) is 0.429. The zero-order chi connectivity index (χ0) is 17.8. The Bertz CT molecular complexity index is 348. The molecule has 3 heteroatoms. The molecule has 0 radical (unpaired) electrons. The second-order valence-electron chi connectivity index (χ2n) is 8.59. The lowest BCUT2D eigenvalue weighted by Crippen LogP contribution is -2.53. The van der Waals surface area contributed by atoms with Gasteiger partial charge in [-0.25, -0.2) is 0 Å². The van der Waals surface area contributed by atoms with E-state index in [2.05, 4.69) is 48.1 Å². The second kappa shape index (κ2) is 8.82. The van der Waals surface area contributed by atoms with Gasteiger partial charge in [0.1, 0.15) is 0 Å². The summed E-state index contributed by atoms with van der Waals surface area (Å²) in [7, 11) is -2.00. The minimum absolute atomic E-state index is 0.197. The molecule has 0 aromatic rings. The van der Waals surface area contributed by atoms with Gasteiger partial charge in [-0.2, -0.15) is 0 Å². The Hall–Kier alpha value is -0.123. The molecule has 23 heavy (non-hydrogen) atoms. The van der Waals surface area contributed by atoms with Gasteiger partial charge in [0.05, 0.1) is 12.2 Å². The van der Waals surface area contributed by atoms with E-state index in [-0.39, 0.29) is 6.10 Å². The van der Waals surface area contributed by atoms with Gasteiger partial charge >= 0.3 is 0 Å². The third-order valence-corrected chi connectivity index (χ3v) is 12.0. The maximum absolute atomic E-state index is 11.0. The van der Waals surface area contributed by atoms with Gasteiger partial charge in [-0.3, -0.25) is 0 Å². The first-order chi connectivity index (χ1) is 10.6. The van der Waals surface area contributed by atoms with Gasteiger partial charge < -0.3 is 9.53 Å². The number of hydrogen-bond donors (Lipinski definition) is 1. The molecule has 2 atom stereocenters. The molecule has 0 aromatic carbocycles. The van der Waals surface area contributed by atoms with Gasteiger partial charge in [-0.15, -0.1) is 0 Å². The van der Waals surface area contributed by atoms with Crippen LogP contribution in [0.3, 0.4) is 0 Å². The average molecular weight is 341 g/mol. The van der Waals surface area contributed by atoms with E-state index in [0.29, 0.717) is 22.5 Å². The molecule has 0 aliphatic heterocycles. The Morgan fingerprint density at radius 2 is 1.39 bits per heavy atom. The Kier molecular flexibility index (Phi) is 8.02. The van der Waals surface area contributed by atoms with Crippen molar-refractivity contribution in [3.8, 4) is 0 Å². The van der Waals surface area contributed by atoms with Crippen LogP contribution in [0.5, 0.6) is 0 Å². The average Bonchev–Trinajstić information content (AvgIpc) is 2.47. The lowest BCUT2D eigenvalue weighted by molar-refractivity contribution is -0.00452. The van der Waals surface area contributed by atoms with Gasteiger partial charge in [0.25, 0.3) is 0 Å². The summed E-state index contributed by atoms with van der Waals surface area (Å²) in [4.78, 5) is 0. The molecule has 0 aromatic heterocycles. The summed E-state index contributed by atoms with van der Waals surface area (Å²) >= 11 is 0. The molecule has 1 N–H and O–H groups in total. The third-order valence-electron chi connectivity index (χ3n) is 5.97. The van der Waals surface area contributed by atoms with Crippen LogP contribution >= 0.6 is 0 Å². The lowest BCUT2D eigenvalue weighted by Gasteiger charge is -2.46. The molecule has 1 fully saturated rings. The summed E-state index contributed by atoms with van der Waals surface area (Å²) in [5.41, 5.74) is 2.58. The molecule has 0 spiro atoms. The van der Waals surface area contributed by atoms with Gasteiger partial charge in [-0.05, 0) is 42.3 Å². The van der Waals surface area contributed by atoms with Crippen LogP contribution in [0.25, 0.3) is 0 Å². The summed E-state index contributed by atoms with van der Waals surface area (Å²) in [6.45, 7) is 20.0.